The van der Waals surface area contributed by atoms with E-state index in [-0.39, 0.29) is 11.1 Å². The van der Waals surface area contributed by atoms with Crippen LogP contribution in [0.25, 0.3) is 0 Å². The van der Waals surface area contributed by atoms with Crippen molar-refractivity contribution in [1.29, 1.82) is 0 Å². The van der Waals surface area contributed by atoms with E-state index in [2.05, 4.69) is 26.0 Å². The summed E-state index contributed by atoms with van der Waals surface area (Å²) in [6, 6.07) is 10.9. The highest BCUT2D eigenvalue weighted by molar-refractivity contribution is 8.13. The molecule has 15 heteroatoms. The average molecular weight is 598 g/mol. The molecule has 0 bridgehead atoms. The summed E-state index contributed by atoms with van der Waals surface area (Å²) in [5.41, 5.74) is 1.61. The highest BCUT2D eigenvalue weighted by atomic mass is 35.5. The first-order chi connectivity index (χ1) is 18.1. The van der Waals surface area contributed by atoms with Gasteiger partial charge in [-0.05, 0) is 53.2 Å². The van der Waals surface area contributed by atoms with Crippen molar-refractivity contribution in [2.45, 2.75) is 42.4 Å². The summed E-state index contributed by atoms with van der Waals surface area (Å²) in [6.45, 7) is 1.02. The molecule has 1 heterocycles. The van der Waals surface area contributed by atoms with Crippen molar-refractivity contribution in [3.05, 3.63) is 58.1 Å². The van der Waals surface area contributed by atoms with E-state index in [1.807, 2.05) is 12.1 Å². The van der Waals surface area contributed by atoms with E-state index >= 15 is 0 Å². The van der Waals surface area contributed by atoms with Gasteiger partial charge in [-0.25, -0.2) is 0 Å². The Bertz CT molecular complexity index is 1300. The number of ketones is 1. The van der Waals surface area contributed by atoms with E-state index in [4.69, 9.17) is 23.2 Å². The van der Waals surface area contributed by atoms with Crippen LogP contribution in [-0.4, -0.2) is 60.0 Å². The third-order valence-corrected chi connectivity index (χ3v) is 7.43. The number of carbonyl (C=O) groups is 4. The van der Waals surface area contributed by atoms with Crippen LogP contribution in [0.3, 0.4) is 0 Å². The summed E-state index contributed by atoms with van der Waals surface area (Å²) in [6.07, 6.45) is -0.0456. The minimum Gasteiger partial charge on any atom is -0.481 e. The number of anilines is 1. The molecule has 3 rings (SSSR count). The molecule has 3 aromatic rings. The number of aromatic nitrogens is 4. The van der Waals surface area contributed by atoms with Gasteiger partial charge < -0.3 is 15.7 Å². The molecule has 0 saturated heterocycles. The maximum absolute atomic E-state index is 12.8. The minimum absolute atomic E-state index is 0.170. The van der Waals surface area contributed by atoms with Gasteiger partial charge in [-0.3, -0.25) is 19.2 Å². The Morgan fingerprint density at radius 2 is 1.76 bits per heavy atom. The number of thioether (sulfide) groups is 1. The average Bonchev–Trinajstić information content (AvgIpc) is 3.28. The Balaban J connectivity index is 1.53. The number of hydrogen-bond acceptors (Lipinski definition) is 9. The molecule has 0 fully saturated rings. The van der Waals surface area contributed by atoms with Crippen molar-refractivity contribution in [3.63, 3.8) is 0 Å². The maximum Gasteiger partial charge on any atom is 0.305 e. The van der Waals surface area contributed by atoms with Gasteiger partial charge in [-0.1, -0.05) is 53.2 Å². The highest BCUT2D eigenvalue weighted by Crippen LogP contribution is 2.36. The van der Waals surface area contributed by atoms with Crippen molar-refractivity contribution in [1.82, 2.24) is 25.5 Å². The fourth-order valence-corrected chi connectivity index (χ4v) is 5.18. The van der Waals surface area contributed by atoms with Gasteiger partial charge in [0, 0.05) is 18.4 Å². The first-order valence-electron chi connectivity index (χ1n) is 11.0. The van der Waals surface area contributed by atoms with Crippen LogP contribution in [0.15, 0.2) is 52.5 Å². The lowest BCUT2D eigenvalue weighted by Gasteiger charge is -2.15. The third-order valence-electron chi connectivity index (χ3n) is 4.80. The fourth-order valence-electron chi connectivity index (χ4n) is 3.08. The summed E-state index contributed by atoms with van der Waals surface area (Å²) in [5, 5.41) is 26.6. The standard InChI is InChI=1S/C23H22Cl2N6O5S2/c1-13(32)26-15-7-5-14(6-8-15)9-10-37-23(36)27-18(11-20(34)35)19(33)12-31-29-22(28-30-31)38-21-16(24)3-2-4-17(21)25/h2-8,18H,9-12H2,1H3,(H,26,32)(H,27,36)(H,34,35). The maximum atomic E-state index is 12.8. The zero-order valence-electron chi connectivity index (χ0n) is 19.9. The molecule has 0 radical (unpaired) electrons. The first-order valence-corrected chi connectivity index (χ1v) is 13.6. The molecule has 1 aromatic heterocycles. The van der Waals surface area contributed by atoms with E-state index in [0.717, 1.165) is 33.9 Å². The number of tetrazole rings is 1. The lowest BCUT2D eigenvalue weighted by molar-refractivity contribution is -0.139. The van der Waals surface area contributed by atoms with Gasteiger partial charge in [-0.15, -0.1) is 10.2 Å². The molecular formula is C23H22Cl2N6O5S2. The molecule has 0 saturated carbocycles. The Morgan fingerprint density at radius 3 is 2.39 bits per heavy atom. The van der Waals surface area contributed by atoms with Gasteiger partial charge in [0.1, 0.15) is 12.6 Å². The quantitative estimate of drug-likeness (QED) is 0.277. The molecule has 0 aliphatic heterocycles. The summed E-state index contributed by atoms with van der Waals surface area (Å²) in [5.74, 6) is -1.62. The largest absolute Gasteiger partial charge is 0.481 e. The number of rotatable bonds is 12. The lowest BCUT2D eigenvalue weighted by atomic mass is 10.1. The number of aryl methyl sites for hydroxylation is 1. The molecule has 1 unspecified atom stereocenters. The summed E-state index contributed by atoms with van der Waals surface area (Å²) < 4.78 is 0. The van der Waals surface area contributed by atoms with Gasteiger partial charge in [0.25, 0.3) is 5.24 Å². The van der Waals surface area contributed by atoms with Crippen molar-refractivity contribution in [2.75, 3.05) is 11.1 Å². The second-order valence-corrected chi connectivity index (χ2v) is 10.6. The number of nitrogens with zero attached hydrogens (tertiary/aromatic N) is 4. The van der Waals surface area contributed by atoms with Gasteiger partial charge >= 0.3 is 5.97 Å². The second kappa shape index (κ2) is 14.1. The smallest absolute Gasteiger partial charge is 0.305 e. The van der Waals surface area contributed by atoms with Gasteiger partial charge in [-0.2, -0.15) is 4.80 Å². The monoisotopic (exact) mass is 596 g/mol. The SMILES string of the molecule is CC(=O)Nc1ccc(CCSC(=O)NC(CC(=O)O)C(=O)Cn2nnc(Sc3c(Cl)cccc3Cl)n2)cc1. The normalized spacial score (nSPS) is 11.6. The fraction of sp³-hybridized carbons (Fsp3) is 0.261. The second-order valence-electron chi connectivity index (χ2n) is 7.78. The highest BCUT2D eigenvalue weighted by Gasteiger charge is 2.25. The van der Waals surface area contributed by atoms with Crippen LogP contribution in [0, 0.1) is 0 Å². The van der Waals surface area contributed by atoms with Crippen LogP contribution < -0.4 is 10.6 Å². The van der Waals surface area contributed by atoms with E-state index < -0.39 is 36.0 Å². The number of nitrogens with one attached hydrogen (secondary N) is 2. The number of aliphatic carboxylic acids is 1. The van der Waals surface area contributed by atoms with Crippen LogP contribution in [0.4, 0.5) is 10.5 Å². The van der Waals surface area contributed by atoms with Crippen LogP contribution in [0.5, 0.6) is 0 Å². The van der Waals surface area contributed by atoms with E-state index in [0.29, 0.717) is 32.8 Å². The van der Waals surface area contributed by atoms with Crippen LogP contribution in [0.1, 0.15) is 18.9 Å². The first kappa shape index (κ1) is 29.4. The Hall–Kier alpha value is -3.13. The Morgan fingerprint density at radius 1 is 1.08 bits per heavy atom. The predicted molar refractivity (Wildman–Crippen MR) is 145 cm³/mol. The molecule has 2 amide bonds. The van der Waals surface area contributed by atoms with Crippen LogP contribution >= 0.6 is 46.7 Å². The number of carbonyl (C=O) groups excluding carboxylic acids is 3. The number of amides is 2. The lowest BCUT2D eigenvalue weighted by Crippen LogP contribution is -2.42. The molecule has 0 aliphatic carbocycles. The van der Waals surface area contributed by atoms with Crippen LogP contribution in [-0.2, 0) is 27.3 Å². The van der Waals surface area contributed by atoms with Crippen LogP contribution in [0.2, 0.25) is 10.0 Å². The molecule has 38 heavy (non-hydrogen) atoms. The molecule has 1 atom stereocenters. The van der Waals surface area contributed by atoms with Crippen molar-refractivity contribution in [2.24, 2.45) is 0 Å². The van der Waals surface area contributed by atoms with E-state index in [1.54, 1.807) is 30.3 Å². The number of halogens is 2. The molecular weight excluding hydrogens is 575 g/mol. The van der Waals surface area contributed by atoms with Gasteiger partial charge in [0.2, 0.25) is 11.1 Å². The van der Waals surface area contributed by atoms with Gasteiger partial charge in [0.15, 0.2) is 5.78 Å². The number of carboxylic acids is 1. The Kier molecular flexibility index (Phi) is 11.0. The molecule has 11 nitrogen and oxygen atoms in total. The number of carboxylic acid groups (broad SMARTS) is 1. The topological polar surface area (TPSA) is 156 Å². The molecule has 3 N–H and O–H groups in total. The van der Waals surface area contributed by atoms with Crippen molar-refractivity contribution in [3.8, 4) is 0 Å². The Labute approximate surface area is 236 Å². The molecule has 2 aromatic carbocycles. The molecule has 200 valence electrons. The zero-order chi connectivity index (χ0) is 27.7. The zero-order valence-corrected chi connectivity index (χ0v) is 23.0. The minimum atomic E-state index is -1.27. The molecule has 0 aliphatic rings. The van der Waals surface area contributed by atoms with Crippen molar-refractivity contribution < 1.29 is 24.3 Å². The number of benzene rings is 2. The predicted octanol–water partition coefficient (Wildman–Crippen LogP) is 4.19. The summed E-state index contributed by atoms with van der Waals surface area (Å²) in [4.78, 5) is 49.1. The number of Topliss-reactive ketones (excluding diaryl/α,β-unsaturated/α-hetero) is 1. The number of hydrogen-bond donors (Lipinski definition) is 3. The third kappa shape index (κ3) is 9.31. The summed E-state index contributed by atoms with van der Waals surface area (Å²) in [7, 11) is 0. The van der Waals surface area contributed by atoms with Gasteiger partial charge in [0.05, 0.1) is 21.4 Å². The summed E-state index contributed by atoms with van der Waals surface area (Å²) >= 11 is 14.3. The molecule has 0 spiro atoms. The van der Waals surface area contributed by atoms with E-state index in [1.165, 1.54) is 6.92 Å². The van der Waals surface area contributed by atoms with Crippen molar-refractivity contribution >= 4 is 75.3 Å². The van der Waals surface area contributed by atoms with E-state index in [9.17, 15) is 24.3 Å².